The van der Waals surface area contributed by atoms with Crippen molar-refractivity contribution < 1.29 is 4.39 Å². The van der Waals surface area contributed by atoms with Crippen LogP contribution < -0.4 is 5.32 Å². The lowest BCUT2D eigenvalue weighted by atomic mass is 10.1. The normalized spacial score (nSPS) is 11.2. The summed E-state index contributed by atoms with van der Waals surface area (Å²) >= 11 is 6.12. The minimum Gasteiger partial charge on any atom is -0.385 e. The van der Waals surface area contributed by atoms with Crippen LogP contribution in [0.4, 0.5) is 10.1 Å². The summed E-state index contributed by atoms with van der Waals surface area (Å²) < 4.78 is 13.4. The first-order chi connectivity index (χ1) is 8.52. The molecule has 1 heterocycles. The Balaban J connectivity index is 2.76. The Morgan fingerprint density at radius 3 is 2.67 bits per heavy atom. The van der Waals surface area contributed by atoms with Gasteiger partial charge in [0, 0.05) is 29.4 Å². The van der Waals surface area contributed by atoms with Crippen LogP contribution in [0.5, 0.6) is 0 Å². The molecule has 1 aromatic heterocycles. The Bertz CT molecular complexity index is 582. The zero-order valence-corrected chi connectivity index (χ0v) is 11.5. The number of nitrogens with zero attached hydrogens (tertiary/aromatic N) is 1. The van der Waals surface area contributed by atoms with Crippen LogP contribution in [0.1, 0.15) is 32.4 Å². The van der Waals surface area contributed by atoms with Gasteiger partial charge < -0.3 is 5.32 Å². The molecule has 18 heavy (non-hydrogen) atoms. The molecular formula is C14H16ClFN2. The van der Waals surface area contributed by atoms with Gasteiger partial charge in [0.25, 0.3) is 0 Å². The van der Waals surface area contributed by atoms with Crippen LogP contribution in [0.3, 0.4) is 0 Å². The van der Waals surface area contributed by atoms with Crippen molar-refractivity contribution in [2.75, 3.05) is 11.9 Å². The third-order valence-electron chi connectivity index (χ3n) is 2.80. The van der Waals surface area contributed by atoms with Gasteiger partial charge in [-0.25, -0.2) is 4.39 Å². The van der Waals surface area contributed by atoms with Crippen LogP contribution in [-0.4, -0.2) is 11.5 Å². The van der Waals surface area contributed by atoms with E-state index >= 15 is 0 Å². The Labute approximate surface area is 111 Å². The minimum absolute atomic E-state index is 0.286. The highest BCUT2D eigenvalue weighted by molar-refractivity contribution is 6.36. The van der Waals surface area contributed by atoms with E-state index in [0.717, 1.165) is 23.3 Å². The van der Waals surface area contributed by atoms with Gasteiger partial charge >= 0.3 is 0 Å². The third-order valence-corrected chi connectivity index (χ3v) is 3.10. The number of aromatic nitrogens is 1. The lowest BCUT2D eigenvalue weighted by molar-refractivity contribution is 0.629. The summed E-state index contributed by atoms with van der Waals surface area (Å²) in [4.78, 5) is 4.47. The maximum absolute atomic E-state index is 13.4. The van der Waals surface area contributed by atoms with Crippen molar-refractivity contribution in [3.8, 4) is 0 Å². The average Bonchev–Trinajstić information content (AvgIpc) is 2.27. The molecular weight excluding hydrogens is 251 g/mol. The second-order valence-corrected chi connectivity index (χ2v) is 4.97. The second kappa shape index (κ2) is 5.11. The molecule has 0 radical (unpaired) electrons. The molecule has 0 fully saturated rings. The Kier molecular flexibility index (Phi) is 3.71. The van der Waals surface area contributed by atoms with Gasteiger partial charge in [-0.05, 0) is 25.0 Å². The molecule has 96 valence electrons. The topological polar surface area (TPSA) is 24.9 Å². The zero-order valence-electron chi connectivity index (χ0n) is 10.7. The highest BCUT2D eigenvalue weighted by atomic mass is 35.5. The van der Waals surface area contributed by atoms with Crippen LogP contribution in [-0.2, 0) is 0 Å². The van der Waals surface area contributed by atoms with Gasteiger partial charge in [-0.2, -0.15) is 0 Å². The average molecular weight is 267 g/mol. The molecule has 0 atom stereocenters. The zero-order chi connectivity index (χ0) is 13.3. The summed E-state index contributed by atoms with van der Waals surface area (Å²) in [5.74, 6) is -0.0720. The molecule has 2 nitrogen and oxygen atoms in total. The number of hydrogen-bond donors (Lipinski definition) is 1. The molecule has 2 rings (SSSR count). The molecule has 4 heteroatoms. The molecule has 0 unspecified atom stereocenters. The molecule has 0 aliphatic rings. The van der Waals surface area contributed by atoms with E-state index in [1.54, 1.807) is 0 Å². The van der Waals surface area contributed by atoms with Gasteiger partial charge in [-0.3, -0.25) is 4.98 Å². The fourth-order valence-corrected chi connectivity index (χ4v) is 2.23. The highest BCUT2D eigenvalue weighted by Gasteiger charge is 2.12. The number of anilines is 1. The van der Waals surface area contributed by atoms with Gasteiger partial charge in [0.05, 0.1) is 10.5 Å². The summed E-state index contributed by atoms with van der Waals surface area (Å²) in [6.45, 7) is 6.92. The second-order valence-electron chi connectivity index (χ2n) is 4.56. The van der Waals surface area contributed by atoms with E-state index in [-0.39, 0.29) is 11.7 Å². The van der Waals surface area contributed by atoms with Gasteiger partial charge in [0.1, 0.15) is 5.82 Å². The largest absolute Gasteiger partial charge is 0.385 e. The van der Waals surface area contributed by atoms with Gasteiger partial charge in [0.2, 0.25) is 0 Å². The quantitative estimate of drug-likeness (QED) is 0.879. The van der Waals surface area contributed by atoms with Crippen molar-refractivity contribution in [2.45, 2.75) is 26.7 Å². The Hall–Kier alpha value is -1.35. The lowest BCUT2D eigenvalue weighted by Gasteiger charge is -2.13. The molecule has 2 aromatic rings. The Morgan fingerprint density at radius 1 is 1.33 bits per heavy atom. The van der Waals surface area contributed by atoms with E-state index in [4.69, 9.17) is 11.6 Å². The van der Waals surface area contributed by atoms with Crippen LogP contribution in [0, 0.1) is 5.82 Å². The van der Waals surface area contributed by atoms with E-state index in [1.807, 2.05) is 13.0 Å². The number of halogens is 2. The molecule has 0 bridgehead atoms. The van der Waals surface area contributed by atoms with E-state index < -0.39 is 0 Å². The number of nitrogens with one attached hydrogen (secondary N) is 1. The maximum atomic E-state index is 13.4. The molecule has 0 saturated heterocycles. The number of benzene rings is 1. The van der Waals surface area contributed by atoms with Gasteiger partial charge in [0.15, 0.2) is 0 Å². The smallest absolute Gasteiger partial charge is 0.126 e. The highest BCUT2D eigenvalue weighted by Crippen LogP contribution is 2.32. The van der Waals surface area contributed by atoms with Crippen molar-refractivity contribution in [2.24, 2.45) is 0 Å². The summed E-state index contributed by atoms with van der Waals surface area (Å²) in [6, 6.07) is 4.73. The lowest BCUT2D eigenvalue weighted by Crippen LogP contribution is -2.02. The fraction of sp³-hybridized carbons (Fsp3) is 0.357. The summed E-state index contributed by atoms with van der Waals surface area (Å²) in [5.41, 5.74) is 2.44. The van der Waals surface area contributed by atoms with Crippen LogP contribution in [0.25, 0.3) is 10.9 Å². The minimum atomic E-state index is -0.358. The summed E-state index contributed by atoms with van der Waals surface area (Å²) in [5, 5.41) is 4.43. The number of rotatable bonds is 3. The van der Waals surface area contributed by atoms with E-state index in [0.29, 0.717) is 10.5 Å². The molecule has 1 N–H and O–H groups in total. The predicted octanol–water partition coefficient (Wildman–Crippen LogP) is 4.58. The maximum Gasteiger partial charge on any atom is 0.126 e. The predicted molar refractivity (Wildman–Crippen MR) is 75.0 cm³/mol. The standard InChI is InChI=1S/C14H16ClFN2/c1-4-17-12-7-11(8(2)3)18-13-6-9(16)5-10(15)14(12)13/h5-8H,4H2,1-3H3,(H,17,18). The molecule has 1 aromatic carbocycles. The summed E-state index contributed by atoms with van der Waals surface area (Å²) in [6.07, 6.45) is 0. The van der Waals surface area contributed by atoms with E-state index in [9.17, 15) is 4.39 Å². The first-order valence-electron chi connectivity index (χ1n) is 6.06. The molecule has 0 saturated carbocycles. The van der Waals surface area contributed by atoms with Gasteiger partial charge in [-0.15, -0.1) is 0 Å². The Morgan fingerprint density at radius 2 is 2.06 bits per heavy atom. The summed E-state index contributed by atoms with van der Waals surface area (Å²) in [7, 11) is 0. The number of pyridine rings is 1. The van der Waals surface area contributed by atoms with E-state index in [2.05, 4.69) is 24.1 Å². The van der Waals surface area contributed by atoms with E-state index in [1.165, 1.54) is 12.1 Å². The first kappa shape index (κ1) is 13.1. The van der Waals surface area contributed by atoms with Gasteiger partial charge in [-0.1, -0.05) is 25.4 Å². The van der Waals surface area contributed by atoms with Crippen LogP contribution in [0.2, 0.25) is 5.02 Å². The van der Waals surface area contributed by atoms with Crippen molar-refractivity contribution in [1.82, 2.24) is 4.98 Å². The number of fused-ring (bicyclic) bond motifs is 1. The van der Waals surface area contributed by atoms with Crippen molar-refractivity contribution in [3.05, 3.63) is 34.7 Å². The van der Waals surface area contributed by atoms with Crippen molar-refractivity contribution in [1.29, 1.82) is 0 Å². The molecule has 0 spiro atoms. The van der Waals surface area contributed by atoms with Crippen LogP contribution in [0.15, 0.2) is 18.2 Å². The molecule has 0 amide bonds. The van der Waals surface area contributed by atoms with Crippen molar-refractivity contribution >= 4 is 28.2 Å². The molecule has 0 aliphatic heterocycles. The monoisotopic (exact) mass is 266 g/mol. The van der Waals surface area contributed by atoms with Crippen molar-refractivity contribution in [3.63, 3.8) is 0 Å². The number of hydrogen-bond acceptors (Lipinski definition) is 2. The third kappa shape index (κ3) is 2.41. The first-order valence-corrected chi connectivity index (χ1v) is 6.44. The fourth-order valence-electron chi connectivity index (χ4n) is 1.93. The molecule has 0 aliphatic carbocycles. The van der Waals surface area contributed by atoms with Crippen LogP contribution >= 0.6 is 11.6 Å². The SMILES string of the molecule is CCNc1cc(C(C)C)nc2cc(F)cc(Cl)c12.